The van der Waals surface area contributed by atoms with E-state index in [0.717, 1.165) is 21.9 Å². The molecule has 0 spiro atoms. The molecule has 2 heterocycles. The van der Waals surface area contributed by atoms with Gasteiger partial charge in [0.25, 0.3) is 0 Å². The number of fused-ring (bicyclic) bond motifs is 7. The first-order valence-electron chi connectivity index (χ1n) is 15.0. The molecule has 0 amide bonds. The monoisotopic (exact) mass is 576 g/mol. The van der Waals surface area contributed by atoms with Crippen molar-refractivity contribution in [2.24, 2.45) is 0 Å². The van der Waals surface area contributed by atoms with Gasteiger partial charge in [-0.1, -0.05) is 121 Å². The quantitative estimate of drug-likeness (QED) is 0.190. The maximum atomic E-state index is 6.18. The van der Waals surface area contributed by atoms with E-state index in [1.54, 1.807) is 0 Å². The molecule has 8 aromatic carbocycles. The van der Waals surface area contributed by atoms with Crippen LogP contribution in [0.1, 0.15) is 0 Å². The van der Waals surface area contributed by atoms with E-state index in [0.29, 0.717) is 0 Å². The normalized spacial score (nSPS) is 12.5. The van der Waals surface area contributed by atoms with Gasteiger partial charge in [0, 0.05) is 25.9 Å². The molecule has 1 aliphatic heterocycles. The minimum atomic E-state index is 0.920. The predicted molar refractivity (Wildman–Crippen MR) is 187 cm³/mol. The van der Waals surface area contributed by atoms with Crippen molar-refractivity contribution in [3.05, 3.63) is 146 Å². The van der Waals surface area contributed by atoms with Crippen LogP contribution in [0, 0.1) is 0 Å². The van der Waals surface area contributed by atoms with Gasteiger partial charge in [0.05, 0.1) is 0 Å². The molecule has 10 rings (SSSR count). The molecule has 0 fully saturated rings. The van der Waals surface area contributed by atoms with Gasteiger partial charge < -0.3 is 4.42 Å². The molecule has 9 aromatic rings. The molecule has 0 unspecified atom stereocenters. The molecule has 204 valence electrons. The molecule has 0 saturated heterocycles. The zero-order valence-electron chi connectivity index (χ0n) is 23.7. The highest BCUT2D eigenvalue weighted by Crippen LogP contribution is 2.50. The molecule has 0 N–H and O–H groups in total. The zero-order chi connectivity index (χ0) is 28.8. The van der Waals surface area contributed by atoms with E-state index < -0.39 is 0 Å². The highest BCUT2D eigenvalue weighted by molar-refractivity contribution is 7.99. The third-order valence-electron chi connectivity index (χ3n) is 9.24. The fraction of sp³-hybridized carbons (Fsp3) is 0. The molecule has 0 bridgehead atoms. The summed E-state index contributed by atoms with van der Waals surface area (Å²) in [5.41, 5.74) is 9.47. The number of hydrogen-bond acceptors (Lipinski definition) is 2. The first-order chi connectivity index (χ1) is 21.8. The van der Waals surface area contributed by atoms with Crippen molar-refractivity contribution in [2.45, 2.75) is 9.79 Å². The number of benzene rings is 8. The van der Waals surface area contributed by atoms with Gasteiger partial charge in [0.15, 0.2) is 0 Å². The van der Waals surface area contributed by atoms with Crippen molar-refractivity contribution in [2.75, 3.05) is 0 Å². The number of para-hydroxylation sites is 1. The van der Waals surface area contributed by atoms with Crippen molar-refractivity contribution in [1.82, 2.24) is 0 Å². The lowest BCUT2D eigenvalue weighted by molar-refractivity contribution is 0.669. The van der Waals surface area contributed by atoms with Gasteiger partial charge in [-0.2, -0.15) is 0 Å². The number of hydrogen-bond donors (Lipinski definition) is 0. The van der Waals surface area contributed by atoms with E-state index >= 15 is 0 Å². The average Bonchev–Trinajstić information content (AvgIpc) is 3.45. The minimum Gasteiger partial charge on any atom is -0.456 e. The van der Waals surface area contributed by atoms with Crippen molar-refractivity contribution in [3.8, 4) is 33.4 Å². The largest absolute Gasteiger partial charge is 0.456 e. The molecule has 0 atom stereocenters. The molecule has 1 aromatic heterocycles. The lowest BCUT2D eigenvalue weighted by atomic mass is 9.85. The molecule has 44 heavy (non-hydrogen) atoms. The molecule has 0 radical (unpaired) electrons. The Hall–Kier alpha value is -5.31. The van der Waals surface area contributed by atoms with Crippen LogP contribution in [0.25, 0.3) is 87.6 Å². The van der Waals surface area contributed by atoms with Crippen molar-refractivity contribution in [1.29, 1.82) is 0 Å². The maximum absolute atomic E-state index is 6.18. The van der Waals surface area contributed by atoms with Crippen LogP contribution in [0.3, 0.4) is 0 Å². The summed E-state index contributed by atoms with van der Waals surface area (Å²) in [6.07, 6.45) is 0. The van der Waals surface area contributed by atoms with Crippen LogP contribution in [-0.4, -0.2) is 0 Å². The third kappa shape index (κ3) is 3.37. The van der Waals surface area contributed by atoms with Gasteiger partial charge in [0.1, 0.15) is 11.2 Å². The maximum Gasteiger partial charge on any atom is 0.135 e. The van der Waals surface area contributed by atoms with Crippen LogP contribution in [-0.2, 0) is 0 Å². The Kier molecular flexibility index (Phi) is 5.00. The summed E-state index contributed by atoms with van der Waals surface area (Å²) in [5.74, 6) is 0. The van der Waals surface area contributed by atoms with Gasteiger partial charge in [-0.05, 0) is 96.7 Å². The Bertz CT molecular complexity index is 2580. The molecular formula is C42H24OS. The zero-order valence-corrected chi connectivity index (χ0v) is 24.5. The first-order valence-corrected chi connectivity index (χ1v) is 15.8. The second-order valence-electron chi connectivity index (χ2n) is 11.6. The lowest BCUT2D eigenvalue weighted by Gasteiger charge is -2.22. The Morgan fingerprint density at radius 2 is 0.977 bits per heavy atom. The van der Waals surface area contributed by atoms with Gasteiger partial charge in [-0.15, -0.1) is 0 Å². The summed E-state index contributed by atoms with van der Waals surface area (Å²) in [5, 5.41) is 10.00. The Morgan fingerprint density at radius 3 is 1.70 bits per heavy atom. The molecule has 0 saturated carbocycles. The first kappa shape index (κ1) is 24.2. The smallest absolute Gasteiger partial charge is 0.135 e. The summed E-state index contributed by atoms with van der Waals surface area (Å²) in [6, 6.07) is 53.2. The topological polar surface area (TPSA) is 13.1 Å². The highest BCUT2D eigenvalue weighted by Gasteiger charge is 2.22. The van der Waals surface area contributed by atoms with Gasteiger partial charge >= 0.3 is 0 Å². The van der Waals surface area contributed by atoms with E-state index in [2.05, 4.69) is 133 Å². The molecular weight excluding hydrogens is 553 g/mol. The van der Waals surface area contributed by atoms with E-state index in [1.165, 1.54) is 75.5 Å². The van der Waals surface area contributed by atoms with Gasteiger partial charge in [-0.25, -0.2) is 0 Å². The van der Waals surface area contributed by atoms with Crippen LogP contribution in [0.2, 0.25) is 0 Å². The summed E-state index contributed by atoms with van der Waals surface area (Å²) in [6.45, 7) is 0. The fourth-order valence-electron chi connectivity index (χ4n) is 7.35. The second kappa shape index (κ2) is 9.09. The summed E-state index contributed by atoms with van der Waals surface area (Å²) in [4.78, 5) is 2.65. The van der Waals surface area contributed by atoms with Crippen molar-refractivity contribution < 1.29 is 4.42 Å². The Morgan fingerprint density at radius 1 is 0.386 bits per heavy atom. The summed E-state index contributed by atoms with van der Waals surface area (Å²) >= 11 is 1.88. The van der Waals surface area contributed by atoms with E-state index in [4.69, 9.17) is 4.42 Å². The Labute approximate surface area is 258 Å². The van der Waals surface area contributed by atoms with Crippen LogP contribution in [0.4, 0.5) is 0 Å². The van der Waals surface area contributed by atoms with Crippen LogP contribution < -0.4 is 0 Å². The van der Waals surface area contributed by atoms with Crippen LogP contribution in [0.15, 0.2) is 160 Å². The summed E-state index contributed by atoms with van der Waals surface area (Å²) < 4.78 is 6.18. The van der Waals surface area contributed by atoms with Crippen LogP contribution in [0.5, 0.6) is 0 Å². The standard InChI is InChI=1S/C42H24OS/c1-3-14-31-29(12-1)40(26-19-21-37-34(23-26)28-11-5-6-17-36(28)43-37)30-13-2-4-15-32(30)41(31)27-20-22-38-35(24-27)33-16-7-9-25-10-8-18-39(44-38)42(25)33/h1-24H. The van der Waals surface area contributed by atoms with E-state index in [-0.39, 0.29) is 0 Å². The van der Waals surface area contributed by atoms with E-state index in [1.807, 2.05) is 23.9 Å². The fourth-order valence-corrected chi connectivity index (χ4v) is 8.48. The molecule has 1 nitrogen and oxygen atoms in total. The molecule has 2 heteroatoms. The average molecular weight is 577 g/mol. The second-order valence-corrected chi connectivity index (χ2v) is 12.7. The summed E-state index contributed by atoms with van der Waals surface area (Å²) in [7, 11) is 0. The van der Waals surface area contributed by atoms with Crippen molar-refractivity contribution >= 4 is 66.0 Å². The van der Waals surface area contributed by atoms with E-state index in [9.17, 15) is 0 Å². The molecule has 0 aliphatic carbocycles. The number of furan rings is 1. The molecule has 1 aliphatic rings. The predicted octanol–water partition coefficient (Wildman–Crippen LogP) is 12.5. The van der Waals surface area contributed by atoms with Crippen LogP contribution >= 0.6 is 11.8 Å². The van der Waals surface area contributed by atoms with Crippen molar-refractivity contribution in [3.63, 3.8) is 0 Å². The highest BCUT2D eigenvalue weighted by atomic mass is 32.2. The number of rotatable bonds is 2. The minimum absolute atomic E-state index is 0.920. The SMILES string of the molecule is c1cc2c3c(cccc3c1)-c1cc(-c3c4ccccc4c(-c4ccc5oc6ccccc6c5c4)c4ccccc34)ccc1S2. The Balaban J connectivity index is 1.26. The van der Waals surface area contributed by atoms with Gasteiger partial charge in [-0.3, -0.25) is 0 Å². The lowest BCUT2D eigenvalue weighted by Crippen LogP contribution is -1.95. The van der Waals surface area contributed by atoms with Gasteiger partial charge in [0.2, 0.25) is 0 Å². The third-order valence-corrected chi connectivity index (χ3v) is 10.4.